The van der Waals surface area contributed by atoms with Gasteiger partial charge in [-0.25, -0.2) is 0 Å². The molecule has 0 aliphatic carbocycles. The van der Waals surface area contributed by atoms with E-state index in [-0.39, 0.29) is 0 Å². The molecule has 2 rings (SSSR count). The third kappa shape index (κ3) is 3.39. The van der Waals surface area contributed by atoms with E-state index in [0.717, 1.165) is 0 Å². The Balaban J connectivity index is 0.000000442. The van der Waals surface area contributed by atoms with Gasteiger partial charge in [0.25, 0.3) is 0 Å². The summed E-state index contributed by atoms with van der Waals surface area (Å²) >= 11 is 0. The molecule has 2 heterocycles. The van der Waals surface area contributed by atoms with Crippen molar-refractivity contribution in [2.24, 2.45) is 0 Å². The average molecular weight is 206 g/mol. The Labute approximate surface area is 92.7 Å². The van der Waals surface area contributed by atoms with Crippen molar-refractivity contribution < 1.29 is 0 Å². The molecular weight excluding hydrogens is 184 g/mol. The first kappa shape index (κ1) is 13.7. The Morgan fingerprint density at radius 1 is 1.00 bits per heavy atom. The lowest BCUT2D eigenvalue weighted by Crippen LogP contribution is -1.77. The van der Waals surface area contributed by atoms with Crippen LogP contribution in [0.5, 0.6) is 0 Å². The van der Waals surface area contributed by atoms with Gasteiger partial charge in [-0.05, 0) is 25.5 Å². The van der Waals surface area contributed by atoms with Gasteiger partial charge in [-0.3, -0.25) is 4.98 Å². The maximum absolute atomic E-state index is 4.11. The van der Waals surface area contributed by atoms with Crippen molar-refractivity contribution in [3.63, 3.8) is 0 Å². The molecule has 0 fully saturated rings. The number of pyridine rings is 1. The molecule has 0 atom stereocenters. The first-order chi connectivity index (χ1) is 7.27. The maximum Gasteiger partial charge on any atom is 0.0516 e. The molecule has 1 N–H and O–H groups in total. The van der Waals surface area contributed by atoms with E-state index in [9.17, 15) is 0 Å². The molecular formula is C13H22N2. The molecule has 0 amide bonds. The number of aryl methyl sites for hydroxylation is 2. The minimum atomic E-state index is 1.19. The van der Waals surface area contributed by atoms with Gasteiger partial charge in [-0.15, -0.1) is 0 Å². The molecule has 0 aliphatic heterocycles. The third-order valence-electron chi connectivity index (χ3n) is 1.86. The van der Waals surface area contributed by atoms with E-state index in [1.54, 1.807) is 0 Å². The van der Waals surface area contributed by atoms with Crippen molar-refractivity contribution in [2.45, 2.75) is 41.5 Å². The fraction of sp³-hybridized carbons (Fsp3) is 0.462. The molecule has 0 aromatic carbocycles. The minimum Gasteiger partial charge on any atom is -0.358 e. The molecule has 2 aromatic heterocycles. The average Bonchev–Trinajstić information content (AvgIpc) is 2.66. The smallest absolute Gasteiger partial charge is 0.0516 e. The standard InChI is InChI=1S/C9H10N2.2C2H6/c1-6-4-10-5-8-3-7(2)11-9(6)8;2*1-2/h3-5,11H,1-2H3;2*1-2H3. The van der Waals surface area contributed by atoms with Crippen molar-refractivity contribution >= 4 is 10.9 Å². The van der Waals surface area contributed by atoms with Gasteiger partial charge in [0.1, 0.15) is 0 Å². The molecule has 2 aromatic rings. The number of nitrogens with one attached hydrogen (secondary N) is 1. The van der Waals surface area contributed by atoms with E-state index in [4.69, 9.17) is 0 Å². The van der Waals surface area contributed by atoms with Crippen LogP contribution in [-0.2, 0) is 0 Å². The summed E-state index contributed by atoms with van der Waals surface area (Å²) in [5.74, 6) is 0. The molecule has 0 bridgehead atoms. The SMILES string of the molecule is CC.CC.Cc1cc2cncc(C)c2[nH]1. The van der Waals surface area contributed by atoms with Crippen molar-refractivity contribution in [1.29, 1.82) is 0 Å². The number of fused-ring (bicyclic) bond motifs is 1. The number of aromatic nitrogens is 2. The Kier molecular flexibility index (Phi) is 6.43. The summed E-state index contributed by atoms with van der Waals surface area (Å²) in [5, 5.41) is 1.20. The Hall–Kier alpha value is -1.31. The van der Waals surface area contributed by atoms with E-state index in [1.165, 1.54) is 22.2 Å². The van der Waals surface area contributed by atoms with E-state index in [0.29, 0.717) is 0 Å². The van der Waals surface area contributed by atoms with Crippen LogP contribution in [0.25, 0.3) is 10.9 Å². The number of rotatable bonds is 0. The summed E-state index contributed by atoms with van der Waals surface area (Å²) in [4.78, 5) is 7.39. The van der Waals surface area contributed by atoms with Crippen molar-refractivity contribution in [1.82, 2.24) is 9.97 Å². The molecule has 2 heteroatoms. The Morgan fingerprint density at radius 3 is 2.13 bits per heavy atom. The van der Waals surface area contributed by atoms with E-state index in [2.05, 4.69) is 29.9 Å². The number of aromatic amines is 1. The van der Waals surface area contributed by atoms with Gasteiger partial charge in [-0.2, -0.15) is 0 Å². The quantitative estimate of drug-likeness (QED) is 0.686. The lowest BCUT2D eigenvalue weighted by atomic mass is 10.2. The van der Waals surface area contributed by atoms with E-state index in [1.807, 2.05) is 40.1 Å². The molecule has 0 unspecified atom stereocenters. The lowest BCUT2D eigenvalue weighted by molar-refractivity contribution is 1.26. The van der Waals surface area contributed by atoms with Crippen LogP contribution in [0.2, 0.25) is 0 Å². The Morgan fingerprint density at radius 2 is 1.60 bits per heavy atom. The predicted octanol–water partition coefficient (Wildman–Crippen LogP) is 4.23. The normalized spacial score (nSPS) is 8.67. The maximum atomic E-state index is 4.11. The summed E-state index contributed by atoms with van der Waals surface area (Å²) in [7, 11) is 0. The van der Waals surface area contributed by atoms with Crippen LogP contribution in [0.15, 0.2) is 18.5 Å². The predicted molar refractivity (Wildman–Crippen MR) is 68.3 cm³/mol. The zero-order chi connectivity index (χ0) is 11.8. The molecule has 0 radical (unpaired) electrons. The Bertz CT molecular complexity index is 388. The van der Waals surface area contributed by atoms with Crippen LogP contribution in [-0.4, -0.2) is 9.97 Å². The largest absolute Gasteiger partial charge is 0.358 e. The topological polar surface area (TPSA) is 28.7 Å². The molecule has 0 spiro atoms. The van der Waals surface area contributed by atoms with Crippen LogP contribution >= 0.6 is 0 Å². The fourth-order valence-corrected chi connectivity index (χ4v) is 1.33. The van der Waals surface area contributed by atoms with Gasteiger partial charge in [0.2, 0.25) is 0 Å². The van der Waals surface area contributed by atoms with Crippen LogP contribution in [0, 0.1) is 13.8 Å². The molecule has 15 heavy (non-hydrogen) atoms. The summed E-state index contributed by atoms with van der Waals surface area (Å²) in [6, 6.07) is 2.11. The van der Waals surface area contributed by atoms with E-state index < -0.39 is 0 Å². The fourth-order valence-electron chi connectivity index (χ4n) is 1.33. The molecule has 2 nitrogen and oxygen atoms in total. The monoisotopic (exact) mass is 206 g/mol. The van der Waals surface area contributed by atoms with Gasteiger partial charge >= 0.3 is 0 Å². The van der Waals surface area contributed by atoms with Crippen LogP contribution in [0.4, 0.5) is 0 Å². The highest BCUT2D eigenvalue weighted by Gasteiger charge is 1.98. The van der Waals surface area contributed by atoms with Crippen molar-refractivity contribution in [3.8, 4) is 0 Å². The highest BCUT2D eigenvalue weighted by molar-refractivity contribution is 5.82. The first-order valence-corrected chi connectivity index (χ1v) is 5.67. The summed E-state index contributed by atoms with van der Waals surface area (Å²) in [6.07, 6.45) is 3.75. The van der Waals surface area contributed by atoms with Gasteiger partial charge in [-0.1, -0.05) is 27.7 Å². The zero-order valence-corrected chi connectivity index (χ0v) is 10.7. The molecule has 0 saturated carbocycles. The highest BCUT2D eigenvalue weighted by Crippen LogP contribution is 2.16. The van der Waals surface area contributed by atoms with Crippen molar-refractivity contribution in [3.05, 3.63) is 29.7 Å². The molecule has 0 saturated heterocycles. The summed E-state index contributed by atoms with van der Waals surface area (Å²) in [5.41, 5.74) is 3.60. The van der Waals surface area contributed by atoms with Crippen LogP contribution < -0.4 is 0 Å². The highest BCUT2D eigenvalue weighted by atomic mass is 14.7. The third-order valence-corrected chi connectivity index (χ3v) is 1.86. The molecule has 0 aliphatic rings. The van der Waals surface area contributed by atoms with Gasteiger partial charge in [0.05, 0.1) is 5.52 Å². The van der Waals surface area contributed by atoms with Gasteiger partial charge in [0.15, 0.2) is 0 Å². The summed E-state index contributed by atoms with van der Waals surface area (Å²) in [6.45, 7) is 12.1. The second kappa shape index (κ2) is 7.04. The van der Waals surface area contributed by atoms with Gasteiger partial charge < -0.3 is 4.98 Å². The number of hydrogen-bond donors (Lipinski definition) is 1. The molecule has 84 valence electrons. The summed E-state index contributed by atoms with van der Waals surface area (Å²) < 4.78 is 0. The van der Waals surface area contributed by atoms with Crippen molar-refractivity contribution in [2.75, 3.05) is 0 Å². The number of hydrogen-bond acceptors (Lipinski definition) is 1. The lowest BCUT2D eigenvalue weighted by Gasteiger charge is -1.91. The van der Waals surface area contributed by atoms with Crippen LogP contribution in [0.1, 0.15) is 39.0 Å². The first-order valence-electron chi connectivity index (χ1n) is 5.67. The minimum absolute atomic E-state index is 1.19. The number of nitrogens with zero attached hydrogens (tertiary/aromatic N) is 1. The van der Waals surface area contributed by atoms with Gasteiger partial charge in [0, 0.05) is 23.5 Å². The second-order valence-electron chi connectivity index (χ2n) is 2.87. The number of H-pyrrole nitrogens is 1. The zero-order valence-electron chi connectivity index (χ0n) is 10.7. The second-order valence-corrected chi connectivity index (χ2v) is 2.87. The van der Waals surface area contributed by atoms with Crippen LogP contribution in [0.3, 0.4) is 0 Å². The van der Waals surface area contributed by atoms with E-state index >= 15 is 0 Å².